The van der Waals surface area contributed by atoms with Gasteiger partial charge >= 0.3 is 5.97 Å². The fourth-order valence-electron chi connectivity index (χ4n) is 2.23. The Labute approximate surface area is 125 Å². The Morgan fingerprint density at radius 2 is 2.00 bits per heavy atom. The van der Waals surface area contributed by atoms with Crippen LogP contribution in [0.2, 0.25) is 5.02 Å². The summed E-state index contributed by atoms with van der Waals surface area (Å²) in [7, 11) is 0. The number of carbonyl (C=O) groups is 1. The van der Waals surface area contributed by atoms with E-state index in [-0.39, 0.29) is 10.6 Å². The first kappa shape index (κ1) is 13.6. The second-order valence-corrected chi connectivity index (χ2v) is 5.32. The molecule has 0 fully saturated rings. The molecule has 0 unspecified atom stereocenters. The van der Waals surface area contributed by atoms with Crippen molar-refractivity contribution in [1.29, 1.82) is 0 Å². The van der Waals surface area contributed by atoms with Crippen LogP contribution in [-0.4, -0.2) is 25.7 Å². The molecule has 2 heterocycles. The Bertz CT molecular complexity index is 871. The maximum atomic E-state index is 11.2. The SMILES string of the molecule is Cc1ccc(C)c(-c2nnc3c(Cl)cc(C(=O)O)cn23)c1. The molecule has 3 aromatic rings. The summed E-state index contributed by atoms with van der Waals surface area (Å²) < 4.78 is 1.62. The lowest BCUT2D eigenvalue weighted by Gasteiger charge is -2.06. The van der Waals surface area contributed by atoms with Crippen molar-refractivity contribution in [2.75, 3.05) is 0 Å². The quantitative estimate of drug-likeness (QED) is 0.788. The molecule has 0 aliphatic rings. The number of benzene rings is 1. The van der Waals surface area contributed by atoms with Crippen LogP contribution in [0.25, 0.3) is 17.0 Å². The van der Waals surface area contributed by atoms with Crippen molar-refractivity contribution in [1.82, 2.24) is 14.6 Å². The number of halogens is 1. The first-order chi connectivity index (χ1) is 9.97. The molecule has 0 amide bonds. The van der Waals surface area contributed by atoms with Crippen LogP contribution < -0.4 is 0 Å². The van der Waals surface area contributed by atoms with Crippen LogP contribution in [0, 0.1) is 13.8 Å². The number of hydrogen-bond donors (Lipinski definition) is 1. The van der Waals surface area contributed by atoms with Crippen LogP contribution in [-0.2, 0) is 0 Å². The number of aryl methyl sites for hydroxylation is 2. The zero-order valence-electron chi connectivity index (χ0n) is 11.5. The monoisotopic (exact) mass is 301 g/mol. The highest BCUT2D eigenvalue weighted by molar-refractivity contribution is 6.33. The average molecular weight is 302 g/mol. The fourth-order valence-corrected chi connectivity index (χ4v) is 2.48. The van der Waals surface area contributed by atoms with E-state index < -0.39 is 5.97 Å². The van der Waals surface area contributed by atoms with Crippen molar-refractivity contribution in [2.24, 2.45) is 0 Å². The van der Waals surface area contributed by atoms with E-state index >= 15 is 0 Å². The van der Waals surface area contributed by atoms with Gasteiger partial charge in [-0.25, -0.2) is 4.79 Å². The van der Waals surface area contributed by atoms with Gasteiger partial charge in [-0.1, -0.05) is 29.3 Å². The van der Waals surface area contributed by atoms with Crippen molar-refractivity contribution in [3.05, 3.63) is 52.2 Å². The standard InChI is InChI=1S/C15H12ClN3O2/c1-8-3-4-9(2)11(5-8)13-17-18-14-12(16)6-10(15(20)21)7-19(13)14/h3-7H,1-2H3,(H,20,21). The van der Waals surface area contributed by atoms with Gasteiger partial charge in [0.25, 0.3) is 0 Å². The van der Waals surface area contributed by atoms with Gasteiger partial charge in [0.05, 0.1) is 10.6 Å². The third-order valence-corrected chi connectivity index (χ3v) is 3.62. The van der Waals surface area contributed by atoms with Gasteiger partial charge in [-0.2, -0.15) is 0 Å². The van der Waals surface area contributed by atoms with Crippen LogP contribution in [0.15, 0.2) is 30.5 Å². The molecular weight excluding hydrogens is 290 g/mol. The molecule has 0 saturated heterocycles. The molecule has 21 heavy (non-hydrogen) atoms. The van der Waals surface area contributed by atoms with Crippen molar-refractivity contribution in [2.45, 2.75) is 13.8 Å². The normalized spacial score (nSPS) is 11.0. The van der Waals surface area contributed by atoms with Gasteiger partial charge in [-0.15, -0.1) is 10.2 Å². The maximum Gasteiger partial charge on any atom is 0.337 e. The van der Waals surface area contributed by atoms with Gasteiger partial charge in [0.2, 0.25) is 0 Å². The molecule has 0 aliphatic carbocycles. The largest absolute Gasteiger partial charge is 0.478 e. The van der Waals surface area contributed by atoms with Crippen LogP contribution in [0.5, 0.6) is 0 Å². The van der Waals surface area contributed by atoms with Crippen LogP contribution >= 0.6 is 11.6 Å². The molecule has 3 rings (SSSR count). The fraction of sp³-hybridized carbons (Fsp3) is 0.133. The number of hydrogen-bond acceptors (Lipinski definition) is 3. The molecule has 106 valence electrons. The Morgan fingerprint density at radius 1 is 1.24 bits per heavy atom. The number of pyridine rings is 1. The third-order valence-electron chi connectivity index (χ3n) is 3.34. The predicted molar refractivity (Wildman–Crippen MR) is 79.9 cm³/mol. The van der Waals surface area contributed by atoms with E-state index in [2.05, 4.69) is 10.2 Å². The van der Waals surface area contributed by atoms with E-state index in [1.165, 1.54) is 12.3 Å². The molecule has 2 aromatic heterocycles. The van der Waals surface area contributed by atoms with Crippen molar-refractivity contribution >= 4 is 23.2 Å². The third kappa shape index (κ3) is 2.25. The lowest BCUT2D eigenvalue weighted by molar-refractivity contribution is 0.0696. The minimum atomic E-state index is -1.04. The summed E-state index contributed by atoms with van der Waals surface area (Å²) >= 11 is 6.09. The minimum Gasteiger partial charge on any atom is -0.478 e. The lowest BCUT2D eigenvalue weighted by Crippen LogP contribution is -2.01. The predicted octanol–water partition coefficient (Wildman–Crippen LogP) is 3.36. The van der Waals surface area contributed by atoms with E-state index in [0.717, 1.165) is 16.7 Å². The summed E-state index contributed by atoms with van der Waals surface area (Å²) in [5.74, 6) is -0.462. The van der Waals surface area contributed by atoms with Gasteiger partial charge in [0.1, 0.15) is 0 Å². The van der Waals surface area contributed by atoms with Crippen molar-refractivity contribution < 1.29 is 9.90 Å². The number of aromatic carboxylic acids is 1. The first-order valence-electron chi connectivity index (χ1n) is 6.32. The Kier molecular flexibility index (Phi) is 3.14. The lowest BCUT2D eigenvalue weighted by atomic mass is 10.1. The Hall–Kier alpha value is -2.40. The highest BCUT2D eigenvalue weighted by Gasteiger charge is 2.15. The molecular formula is C15H12ClN3O2. The van der Waals surface area contributed by atoms with Gasteiger partial charge in [0, 0.05) is 11.8 Å². The second-order valence-electron chi connectivity index (χ2n) is 4.92. The van der Waals surface area contributed by atoms with Crippen molar-refractivity contribution in [3.8, 4) is 11.4 Å². The van der Waals surface area contributed by atoms with E-state index in [4.69, 9.17) is 16.7 Å². The van der Waals surface area contributed by atoms with E-state index in [1.54, 1.807) is 4.40 Å². The summed E-state index contributed by atoms with van der Waals surface area (Å²) in [6.07, 6.45) is 1.49. The van der Waals surface area contributed by atoms with Crippen LogP contribution in [0.3, 0.4) is 0 Å². The zero-order chi connectivity index (χ0) is 15.1. The van der Waals surface area contributed by atoms with Gasteiger partial charge in [0.15, 0.2) is 11.5 Å². The van der Waals surface area contributed by atoms with E-state index in [0.29, 0.717) is 11.5 Å². The van der Waals surface area contributed by atoms with Crippen molar-refractivity contribution in [3.63, 3.8) is 0 Å². The highest BCUT2D eigenvalue weighted by Crippen LogP contribution is 2.26. The minimum absolute atomic E-state index is 0.0962. The van der Waals surface area contributed by atoms with E-state index in [1.807, 2.05) is 32.0 Å². The smallest absolute Gasteiger partial charge is 0.337 e. The molecule has 0 radical (unpaired) electrons. The molecule has 0 spiro atoms. The zero-order valence-corrected chi connectivity index (χ0v) is 12.2. The number of carboxylic acid groups (broad SMARTS) is 1. The number of rotatable bonds is 2. The van der Waals surface area contributed by atoms with Crippen LogP contribution in [0.4, 0.5) is 0 Å². The molecule has 6 heteroatoms. The number of aromatic nitrogens is 3. The molecule has 1 aromatic carbocycles. The summed E-state index contributed by atoms with van der Waals surface area (Å²) in [4.78, 5) is 11.2. The first-order valence-corrected chi connectivity index (χ1v) is 6.70. The van der Waals surface area contributed by atoms with Gasteiger partial charge in [-0.3, -0.25) is 4.40 Å². The summed E-state index contributed by atoms with van der Waals surface area (Å²) in [5, 5.41) is 17.6. The maximum absolute atomic E-state index is 11.2. The number of carboxylic acids is 1. The summed E-state index contributed by atoms with van der Waals surface area (Å²) in [6, 6.07) is 7.38. The Balaban J connectivity index is 2.33. The number of fused-ring (bicyclic) bond motifs is 1. The molecule has 1 N–H and O–H groups in total. The molecule has 0 saturated carbocycles. The topological polar surface area (TPSA) is 67.5 Å². The van der Waals surface area contributed by atoms with Crippen LogP contribution in [0.1, 0.15) is 21.5 Å². The van der Waals surface area contributed by atoms with Gasteiger partial charge in [-0.05, 0) is 31.5 Å². The second kappa shape index (κ2) is 4.86. The Morgan fingerprint density at radius 3 is 2.71 bits per heavy atom. The summed E-state index contributed by atoms with van der Waals surface area (Å²) in [6.45, 7) is 3.96. The molecule has 0 bridgehead atoms. The van der Waals surface area contributed by atoms with Gasteiger partial charge < -0.3 is 5.11 Å². The number of nitrogens with zero attached hydrogens (tertiary/aromatic N) is 3. The molecule has 0 aliphatic heterocycles. The molecule has 5 nitrogen and oxygen atoms in total. The van der Waals surface area contributed by atoms with E-state index in [9.17, 15) is 4.79 Å². The average Bonchev–Trinajstić information content (AvgIpc) is 2.85. The molecule has 0 atom stereocenters. The highest BCUT2D eigenvalue weighted by atomic mass is 35.5. The summed E-state index contributed by atoms with van der Waals surface area (Å²) in [5.41, 5.74) is 3.57.